The highest BCUT2D eigenvalue weighted by Crippen LogP contribution is 2.17. The van der Waals surface area contributed by atoms with Crippen LogP contribution in [0.4, 0.5) is 11.4 Å². The summed E-state index contributed by atoms with van der Waals surface area (Å²) in [5.41, 5.74) is 1.69. The van der Waals surface area contributed by atoms with Crippen molar-refractivity contribution < 1.29 is 4.79 Å². The molecule has 20 heavy (non-hydrogen) atoms. The van der Waals surface area contributed by atoms with Crippen LogP contribution < -0.4 is 10.6 Å². The summed E-state index contributed by atoms with van der Waals surface area (Å²) in [6.07, 6.45) is 1.98. The van der Waals surface area contributed by atoms with Crippen LogP contribution in [0.3, 0.4) is 0 Å². The predicted molar refractivity (Wildman–Crippen MR) is 82.6 cm³/mol. The molecule has 1 atom stereocenters. The van der Waals surface area contributed by atoms with E-state index < -0.39 is 0 Å². The number of amidine groups is 1. The van der Waals surface area contributed by atoms with Gasteiger partial charge in [-0.3, -0.25) is 4.79 Å². The van der Waals surface area contributed by atoms with Crippen LogP contribution in [-0.4, -0.2) is 43.3 Å². The third kappa shape index (κ3) is 3.81. The smallest absolute Gasteiger partial charge is 0.241 e. The molecule has 1 heterocycles. The Morgan fingerprint density at radius 1 is 1.35 bits per heavy atom. The Labute approximate surface area is 120 Å². The molecular formula is C15H22N4O. The lowest BCUT2D eigenvalue weighted by molar-refractivity contribution is -0.117. The lowest BCUT2D eigenvalue weighted by Crippen LogP contribution is -2.35. The molecule has 1 aromatic carbocycles. The largest absolute Gasteiger partial charge is 0.366 e. The number of benzene rings is 1. The molecule has 1 aromatic rings. The zero-order valence-corrected chi connectivity index (χ0v) is 12.3. The first-order valence-corrected chi connectivity index (χ1v) is 6.93. The topological polar surface area (TPSA) is 56.7 Å². The van der Waals surface area contributed by atoms with Gasteiger partial charge in [0.05, 0.1) is 11.7 Å². The number of aliphatic imine (C=N–C) groups is 1. The van der Waals surface area contributed by atoms with Crippen LogP contribution in [0.25, 0.3) is 0 Å². The molecular weight excluding hydrogens is 252 g/mol. The Bertz CT molecular complexity index is 487. The summed E-state index contributed by atoms with van der Waals surface area (Å²) in [7, 11) is 3.92. The number of hydrogen-bond acceptors (Lipinski definition) is 3. The average molecular weight is 274 g/mol. The number of nitrogens with zero attached hydrogens (tertiary/aromatic N) is 2. The van der Waals surface area contributed by atoms with Crippen LogP contribution in [0.5, 0.6) is 0 Å². The molecule has 1 fully saturated rings. The molecule has 5 heteroatoms. The minimum absolute atomic E-state index is 0.0447. The first-order chi connectivity index (χ1) is 9.56. The molecule has 2 rings (SSSR count). The average Bonchev–Trinajstić information content (AvgIpc) is 2.95. The second kappa shape index (κ2) is 6.52. The monoisotopic (exact) mass is 274 g/mol. The van der Waals surface area contributed by atoms with E-state index in [9.17, 15) is 4.79 Å². The highest BCUT2D eigenvalue weighted by Gasteiger charge is 2.21. The van der Waals surface area contributed by atoms with E-state index in [0.717, 1.165) is 36.6 Å². The Hall–Kier alpha value is -1.88. The maximum absolute atomic E-state index is 12.0. The van der Waals surface area contributed by atoms with Gasteiger partial charge in [0.25, 0.3) is 0 Å². The summed E-state index contributed by atoms with van der Waals surface area (Å²) >= 11 is 0. The van der Waals surface area contributed by atoms with E-state index in [-0.39, 0.29) is 11.9 Å². The molecule has 0 radical (unpaired) electrons. The Kier molecular flexibility index (Phi) is 4.74. The van der Waals surface area contributed by atoms with Gasteiger partial charge in [0.15, 0.2) is 0 Å². The van der Waals surface area contributed by atoms with Crippen molar-refractivity contribution >= 4 is 23.1 Å². The molecule has 0 saturated carbocycles. The summed E-state index contributed by atoms with van der Waals surface area (Å²) < 4.78 is 0. The van der Waals surface area contributed by atoms with Gasteiger partial charge in [-0.25, -0.2) is 4.99 Å². The molecule has 0 aromatic heterocycles. The van der Waals surface area contributed by atoms with E-state index in [4.69, 9.17) is 0 Å². The van der Waals surface area contributed by atoms with Crippen molar-refractivity contribution in [2.24, 2.45) is 4.99 Å². The highest BCUT2D eigenvalue weighted by molar-refractivity contribution is 5.95. The number of hydrogen-bond donors (Lipinski definition) is 2. The molecule has 1 amide bonds. The summed E-state index contributed by atoms with van der Waals surface area (Å²) in [5, 5.41) is 6.11. The van der Waals surface area contributed by atoms with Crippen LogP contribution in [0.15, 0.2) is 29.3 Å². The Morgan fingerprint density at radius 2 is 2.05 bits per heavy atom. The predicted octanol–water partition coefficient (Wildman–Crippen LogP) is 1.99. The fourth-order valence-electron chi connectivity index (χ4n) is 2.04. The van der Waals surface area contributed by atoms with Gasteiger partial charge < -0.3 is 15.5 Å². The molecule has 5 nitrogen and oxygen atoms in total. The number of rotatable bonds is 3. The SMILES string of the molecule is C/C(=N\c1ccc(NC(=O)[C@@H]2CCCN2)cc1)N(C)C. The van der Waals surface area contributed by atoms with Gasteiger partial charge in [-0.2, -0.15) is 0 Å². The number of amides is 1. The van der Waals surface area contributed by atoms with Gasteiger partial charge in [0, 0.05) is 19.8 Å². The fraction of sp³-hybridized carbons (Fsp3) is 0.467. The second-order valence-corrected chi connectivity index (χ2v) is 5.24. The Balaban J connectivity index is 1.97. The van der Waals surface area contributed by atoms with Crippen molar-refractivity contribution in [1.29, 1.82) is 0 Å². The van der Waals surface area contributed by atoms with Crippen LogP contribution in [-0.2, 0) is 4.79 Å². The van der Waals surface area contributed by atoms with Gasteiger partial charge in [0.2, 0.25) is 5.91 Å². The first kappa shape index (κ1) is 14.5. The molecule has 1 aliphatic heterocycles. The second-order valence-electron chi connectivity index (χ2n) is 5.24. The highest BCUT2D eigenvalue weighted by atomic mass is 16.2. The van der Waals surface area contributed by atoms with Crippen LogP contribution in [0, 0.1) is 0 Å². The summed E-state index contributed by atoms with van der Waals surface area (Å²) in [4.78, 5) is 18.4. The summed E-state index contributed by atoms with van der Waals surface area (Å²) in [6, 6.07) is 7.53. The van der Waals surface area contributed by atoms with Gasteiger partial charge >= 0.3 is 0 Å². The number of carbonyl (C=O) groups is 1. The molecule has 0 spiro atoms. The van der Waals surface area contributed by atoms with Crippen LogP contribution in [0.2, 0.25) is 0 Å². The number of anilines is 1. The minimum atomic E-state index is -0.0521. The van der Waals surface area contributed by atoms with Crippen molar-refractivity contribution in [3.8, 4) is 0 Å². The zero-order valence-electron chi connectivity index (χ0n) is 12.3. The van der Waals surface area contributed by atoms with Crippen molar-refractivity contribution in [2.45, 2.75) is 25.8 Å². The van der Waals surface area contributed by atoms with Gasteiger partial charge in [-0.05, 0) is 50.6 Å². The normalized spacial score (nSPS) is 18.9. The van der Waals surface area contributed by atoms with E-state index >= 15 is 0 Å². The lowest BCUT2D eigenvalue weighted by Gasteiger charge is -2.12. The van der Waals surface area contributed by atoms with Crippen molar-refractivity contribution in [1.82, 2.24) is 10.2 Å². The quantitative estimate of drug-likeness (QED) is 0.654. The maximum atomic E-state index is 12.0. The standard InChI is InChI=1S/C15H22N4O/c1-11(19(2)3)17-12-6-8-13(9-7-12)18-15(20)14-5-4-10-16-14/h6-9,14,16H,4-5,10H2,1-3H3,(H,18,20)/b17-11+/t14-/m0/s1. The van der Waals surface area contributed by atoms with E-state index in [1.165, 1.54) is 0 Å². The van der Waals surface area contributed by atoms with E-state index in [1.54, 1.807) is 0 Å². The van der Waals surface area contributed by atoms with E-state index in [0.29, 0.717) is 0 Å². The number of nitrogens with one attached hydrogen (secondary N) is 2. The van der Waals surface area contributed by atoms with Crippen molar-refractivity contribution in [3.05, 3.63) is 24.3 Å². The first-order valence-electron chi connectivity index (χ1n) is 6.93. The third-order valence-corrected chi connectivity index (χ3v) is 3.45. The summed E-state index contributed by atoms with van der Waals surface area (Å²) in [5.74, 6) is 0.986. The van der Waals surface area contributed by atoms with Gasteiger partial charge in [0.1, 0.15) is 5.84 Å². The molecule has 0 unspecified atom stereocenters. The molecule has 1 aliphatic rings. The zero-order chi connectivity index (χ0) is 14.5. The fourth-order valence-corrected chi connectivity index (χ4v) is 2.04. The van der Waals surface area contributed by atoms with E-state index in [2.05, 4.69) is 15.6 Å². The number of carbonyl (C=O) groups excluding carboxylic acids is 1. The molecule has 108 valence electrons. The van der Waals surface area contributed by atoms with Crippen LogP contribution in [0.1, 0.15) is 19.8 Å². The Morgan fingerprint density at radius 3 is 2.60 bits per heavy atom. The van der Waals surface area contributed by atoms with Crippen molar-refractivity contribution in [2.75, 3.05) is 26.0 Å². The lowest BCUT2D eigenvalue weighted by atomic mass is 10.2. The van der Waals surface area contributed by atoms with Crippen LogP contribution >= 0.6 is 0 Å². The summed E-state index contributed by atoms with van der Waals surface area (Å²) in [6.45, 7) is 2.89. The van der Waals surface area contributed by atoms with Crippen molar-refractivity contribution in [3.63, 3.8) is 0 Å². The van der Waals surface area contributed by atoms with Gasteiger partial charge in [-0.15, -0.1) is 0 Å². The third-order valence-electron chi connectivity index (χ3n) is 3.45. The maximum Gasteiger partial charge on any atom is 0.241 e. The molecule has 2 N–H and O–H groups in total. The minimum Gasteiger partial charge on any atom is -0.366 e. The molecule has 1 saturated heterocycles. The molecule has 0 bridgehead atoms. The molecule has 0 aliphatic carbocycles. The van der Waals surface area contributed by atoms with Gasteiger partial charge in [-0.1, -0.05) is 0 Å². The van der Waals surface area contributed by atoms with E-state index in [1.807, 2.05) is 50.2 Å².